The van der Waals surface area contributed by atoms with Crippen LogP contribution in [-0.4, -0.2) is 39.6 Å². The van der Waals surface area contributed by atoms with Crippen molar-refractivity contribution >= 4 is 11.8 Å². The highest BCUT2D eigenvalue weighted by atomic mass is 16.2. The molecule has 1 saturated heterocycles. The second-order valence-electron chi connectivity index (χ2n) is 4.03. The second-order valence-corrected chi connectivity index (χ2v) is 4.03. The molecule has 2 heterocycles. The van der Waals surface area contributed by atoms with Gasteiger partial charge >= 0.3 is 0 Å². The van der Waals surface area contributed by atoms with Crippen molar-refractivity contribution in [2.24, 2.45) is 0 Å². The summed E-state index contributed by atoms with van der Waals surface area (Å²) in [7, 11) is 0. The Kier molecular flexibility index (Phi) is 3.36. The average Bonchev–Trinajstić information content (AvgIpc) is 2.88. The van der Waals surface area contributed by atoms with Gasteiger partial charge in [-0.1, -0.05) is 6.92 Å². The van der Waals surface area contributed by atoms with Crippen molar-refractivity contribution in [3.63, 3.8) is 0 Å². The third kappa shape index (κ3) is 2.80. The Morgan fingerprint density at radius 1 is 1.59 bits per heavy atom. The molecule has 7 nitrogen and oxygen atoms in total. The van der Waals surface area contributed by atoms with Gasteiger partial charge in [0.25, 0.3) is 5.91 Å². The molecule has 2 amide bonds. The molecule has 1 unspecified atom stereocenters. The topological polar surface area (TPSA) is 99.8 Å². The minimum atomic E-state index is -0.342. The van der Waals surface area contributed by atoms with Gasteiger partial charge in [-0.15, -0.1) is 5.10 Å². The van der Waals surface area contributed by atoms with E-state index in [0.29, 0.717) is 18.8 Å². The molecule has 1 aliphatic heterocycles. The molecule has 1 atom stereocenters. The molecule has 2 rings (SSSR count). The highest BCUT2D eigenvalue weighted by Crippen LogP contribution is 2.01. The number of aryl methyl sites for hydroxylation is 1. The average molecular weight is 237 g/mol. The van der Waals surface area contributed by atoms with Crippen LogP contribution in [0.3, 0.4) is 0 Å². The van der Waals surface area contributed by atoms with Crippen LogP contribution in [0.2, 0.25) is 0 Å². The maximum absolute atomic E-state index is 11.7. The number of H-pyrrole nitrogens is 1. The van der Waals surface area contributed by atoms with Crippen molar-refractivity contribution in [2.75, 3.05) is 6.54 Å². The van der Waals surface area contributed by atoms with E-state index in [1.54, 1.807) is 0 Å². The van der Waals surface area contributed by atoms with Crippen molar-refractivity contribution in [1.82, 2.24) is 25.8 Å². The lowest BCUT2D eigenvalue weighted by atomic mass is 10.2. The number of hydrogen-bond acceptors (Lipinski definition) is 4. The zero-order valence-electron chi connectivity index (χ0n) is 9.62. The molecule has 0 bridgehead atoms. The third-order valence-electron chi connectivity index (χ3n) is 2.53. The van der Waals surface area contributed by atoms with Crippen LogP contribution in [0.25, 0.3) is 0 Å². The van der Waals surface area contributed by atoms with E-state index in [0.717, 1.165) is 12.8 Å². The Hall–Kier alpha value is -1.92. The number of nitrogens with zero attached hydrogens (tertiary/aromatic N) is 2. The number of hydrogen-bond donors (Lipinski definition) is 3. The number of amides is 2. The molecule has 1 aromatic rings. The minimum Gasteiger partial charge on any atom is -0.354 e. The molecule has 0 radical (unpaired) electrons. The lowest BCUT2D eigenvalue weighted by molar-refractivity contribution is -0.119. The fraction of sp³-hybridized carbons (Fsp3) is 0.600. The zero-order chi connectivity index (χ0) is 12.3. The van der Waals surface area contributed by atoms with Gasteiger partial charge in [0, 0.05) is 19.4 Å². The number of aromatic nitrogens is 3. The summed E-state index contributed by atoms with van der Waals surface area (Å²) in [5.41, 5.74) is 0. The third-order valence-corrected chi connectivity index (χ3v) is 2.53. The van der Waals surface area contributed by atoms with E-state index in [1.807, 2.05) is 6.92 Å². The highest BCUT2D eigenvalue weighted by molar-refractivity contribution is 5.91. The largest absolute Gasteiger partial charge is 0.354 e. The van der Waals surface area contributed by atoms with Crippen molar-refractivity contribution in [3.05, 3.63) is 11.6 Å². The van der Waals surface area contributed by atoms with E-state index in [4.69, 9.17) is 0 Å². The maximum Gasteiger partial charge on any atom is 0.291 e. The maximum atomic E-state index is 11.7. The molecule has 1 aromatic heterocycles. The van der Waals surface area contributed by atoms with Crippen LogP contribution < -0.4 is 10.6 Å². The molecule has 1 aliphatic rings. The predicted octanol–water partition coefficient (Wildman–Crippen LogP) is -0.624. The fourth-order valence-electron chi connectivity index (χ4n) is 1.70. The van der Waals surface area contributed by atoms with Crippen molar-refractivity contribution in [2.45, 2.75) is 32.2 Å². The fourth-order valence-corrected chi connectivity index (χ4v) is 1.70. The molecule has 7 heteroatoms. The van der Waals surface area contributed by atoms with Gasteiger partial charge in [0.1, 0.15) is 5.82 Å². The lowest BCUT2D eigenvalue weighted by Gasteiger charge is -2.07. The SMILES string of the molecule is CCCc1nc(C(=O)NC2CNC(=O)C2)n[nH]1. The molecular weight excluding hydrogens is 222 g/mol. The van der Waals surface area contributed by atoms with Crippen molar-refractivity contribution in [1.29, 1.82) is 0 Å². The van der Waals surface area contributed by atoms with Crippen LogP contribution >= 0.6 is 0 Å². The number of carbonyl (C=O) groups excluding carboxylic acids is 2. The first-order chi connectivity index (χ1) is 8.19. The first-order valence-electron chi connectivity index (χ1n) is 5.68. The van der Waals surface area contributed by atoms with Crippen LogP contribution in [0, 0.1) is 0 Å². The van der Waals surface area contributed by atoms with Crippen LogP contribution in [0.15, 0.2) is 0 Å². The van der Waals surface area contributed by atoms with E-state index in [-0.39, 0.29) is 23.7 Å². The summed E-state index contributed by atoms with van der Waals surface area (Å²) in [6.07, 6.45) is 2.03. The van der Waals surface area contributed by atoms with Crippen molar-refractivity contribution < 1.29 is 9.59 Å². The second kappa shape index (κ2) is 4.94. The number of carbonyl (C=O) groups is 2. The normalized spacial score (nSPS) is 19.1. The molecule has 0 aliphatic carbocycles. The van der Waals surface area contributed by atoms with E-state index in [2.05, 4.69) is 25.8 Å². The molecule has 3 N–H and O–H groups in total. The Bertz CT molecular complexity index is 428. The summed E-state index contributed by atoms with van der Waals surface area (Å²) >= 11 is 0. The Labute approximate surface area is 98.4 Å². The predicted molar refractivity (Wildman–Crippen MR) is 59.3 cm³/mol. The summed E-state index contributed by atoms with van der Waals surface area (Å²) in [5, 5.41) is 11.9. The standard InChI is InChI=1S/C10H15N5O2/c1-2-3-7-13-9(15-14-7)10(17)12-6-4-8(16)11-5-6/h6H,2-5H2,1H3,(H,11,16)(H,12,17)(H,13,14,15). The van der Waals surface area contributed by atoms with Crippen LogP contribution in [0.1, 0.15) is 36.2 Å². The van der Waals surface area contributed by atoms with Crippen LogP contribution in [0.5, 0.6) is 0 Å². The molecule has 92 valence electrons. The van der Waals surface area contributed by atoms with Crippen molar-refractivity contribution in [3.8, 4) is 0 Å². The van der Waals surface area contributed by atoms with Gasteiger partial charge in [-0.05, 0) is 6.42 Å². The Balaban J connectivity index is 1.92. The van der Waals surface area contributed by atoms with Gasteiger partial charge in [-0.2, -0.15) is 0 Å². The van der Waals surface area contributed by atoms with Gasteiger partial charge in [-0.25, -0.2) is 4.98 Å². The molecular formula is C10H15N5O2. The number of nitrogens with one attached hydrogen (secondary N) is 3. The van der Waals surface area contributed by atoms with E-state index in [1.165, 1.54) is 0 Å². The Morgan fingerprint density at radius 2 is 2.41 bits per heavy atom. The van der Waals surface area contributed by atoms with Crippen LogP contribution in [0.4, 0.5) is 0 Å². The first kappa shape index (κ1) is 11.6. The summed E-state index contributed by atoms with van der Waals surface area (Å²) in [5.74, 6) is 0.452. The monoisotopic (exact) mass is 237 g/mol. The zero-order valence-corrected chi connectivity index (χ0v) is 9.62. The summed E-state index contributed by atoms with van der Waals surface area (Å²) in [6, 6.07) is -0.164. The molecule has 0 saturated carbocycles. The summed E-state index contributed by atoms with van der Waals surface area (Å²) < 4.78 is 0. The molecule has 17 heavy (non-hydrogen) atoms. The quantitative estimate of drug-likeness (QED) is 0.649. The summed E-state index contributed by atoms with van der Waals surface area (Å²) in [4.78, 5) is 26.8. The summed E-state index contributed by atoms with van der Waals surface area (Å²) in [6.45, 7) is 2.49. The Morgan fingerprint density at radius 3 is 3.06 bits per heavy atom. The number of aromatic amines is 1. The van der Waals surface area contributed by atoms with Gasteiger partial charge in [0.2, 0.25) is 11.7 Å². The molecule has 1 fully saturated rings. The number of rotatable bonds is 4. The smallest absolute Gasteiger partial charge is 0.291 e. The van der Waals surface area contributed by atoms with E-state index < -0.39 is 0 Å². The first-order valence-corrected chi connectivity index (χ1v) is 5.68. The van der Waals surface area contributed by atoms with E-state index in [9.17, 15) is 9.59 Å². The molecule has 0 spiro atoms. The van der Waals surface area contributed by atoms with E-state index >= 15 is 0 Å². The minimum absolute atomic E-state index is 0.0445. The lowest BCUT2D eigenvalue weighted by Crippen LogP contribution is -2.36. The van der Waals surface area contributed by atoms with Gasteiger partial charge in [-0.3, -0.25) is 14.7 Å². The van der Waals surface area contributed by atoms with Crippen LogP contribution in [-0.2, 0) is 11.2 Å². The van der Waals surface area contributed by atoms with Gasteiger partial charge in [0.05, 0.1) is 6.04 Å². The highest BCUT2D eigenvalue weighted by Gasteiger charge is 2.24. The molecule has 0 aromatic carbocycles. The van der Waals surface area contributed by atoms with Gasteiger partial charge < -0.3 is 10.6 Å². The van der Waals surface area contributed by atoms with Gasteiger partial charge in [0.15, 0.2) is 0 Å².